The van der Waals surface area contributed by atoms with Crippen molar-refractivity contribution in [1.29, 1.82) is 0 Å². The minimum atomic E-state index is -4.57. The molecule has 12 heteroatoms. The van der Waals surface area contributed by atoms with E-state index in [1.807, 2.05) is 0 Å². The van der Waals surface area contributed by atoms with Gasteiger partial charge in [0, 0.05) is 26.3 Å². The van der Waals surface area contributed by atoms with Gasteiger partial charge in [0.1, 0.15) is 6.54 Å². The Morgan fingerprint density at radius 3 is 2.48 bits per heavy atom. The van der Waals surface area contributed by atoms with Crippen LogP contribution in [-0.4, -0.2) is 45.8 Å². The predicted molar refractivity (Wildman–Crippen MR) is 93.3 cm³/mol. The van der Waals surface area contributed by atoms with E-state index in [-0.39, 0.29) is 48.3 Å². The molecule has 0 bridgehead atoms. The molecule has 0 spiro atoms. The Morgan fingerprint density at radius 2 is 1.93 bits per heavy atom. The molecule has 3 N–H and O–H groups in total. The molecule has 0 saturated heterocycles. The maximum absolute atomic E-state index is 12.9. The molecule has 0 radical (unpaired) electrons. The predicted octanol–water partition coefficient (Wildman–Crippen LogP) is 1.52. The van der Waals surface area contributed by atoms with Crippen molar-refractivity contribution >= 4 is 29.9 Å². The zero-order valence-electron chi connectivity index (χ0n) is 14.4. The topological polar surface area (TPSA) is 106 Å². The molecule has 2 rings (SSSR count). The summed E-state index contributed by atoms with van der Waals surface area (Å²) in [6, 6.07) is 3.06. The van der Waals surface area contributed by atoms with Gasteiger partial charge < -0.3 is 16.0 Å². The average Bonchev–Trinajstić information content (AvgIpc) is 3.02. The van der Waals surface area contributed by atoms with E-state index in [0.717, 1.165) is 16.8 Å². The highest BCUT2D eigenvalue weighted by Gasteiger charge is 2.31. The van der Waals surface area contributed by atoms with Gasteiger partial charge in [-0.15, -0.1) is 17.5 Å². The van der Waals surface area contributed by atoms with Crippen LogP contribution < -0.4 is 11.1 Å². The van der Waals surface area contributed by atoms with Gasteiger partial charge in [-0.1, -0.05) is 5.21 Å². The number of anilines is 1. The molecule has 0 aliphatic rings. The second-order valence-corrected chi connectivity index (χ2v) is 5.66. The van der Waals surface area contributed by atoms with Crippen molar-refractivity contribution in [3.05, 3.63) is 41.2 Å². The van der Waals surface area contributed by atoms with Gasteiger partial charge >= 0.3 is 6.18 Å². The molecule has 2 amide bonds. The molecule has 0 unspecified atom stereocenters. The lowest BCUT2D eigenvalue weighted by Crippen LogP contribution is -2.26. The third-order valence-electron chi connectivity index (χ3n) is 3.38. The highest BCUT2D eigenvalue weighted by Crippen LogP contribution is 2.32. The maximum atomic E-state index is 12.9. The fourth-order valence-corrected chi connectivity index (χ4v) is 2.00. The lowest BCUT2D eigenvalue weighted by atomic mass is 10.1. The van der Waals surface area contributed by atoms with Crippen molar-refractivity contribution in [1.82, 2.24) is 19.9 Å². The van der Waals surface area contributed by atoms with E-state index in [4.69, 9.17) is 5.73 Å². The molecule has 0 aliphatic heterocycles. The number of aromatic nitrogens is 3. The number of nitrogens with zero attached hydrogens (tertiary/aromatic N) is 4. The largest absolute Gasteiger partial charge is 0.416 e. The Labute approximate surface area is 158 Å². The lowest BCUT2D eigenvalue weighted by molar-refractivity contribution is -0.137. The second kappa shape index (κ2) is 8.82. The number of nitrogens with one attached hydrogen (secondary N) is 1. The lowest BCUT2D eigenvalue weighted by Gasteiger charge is -2.12. The smallest absolute Gasteiger partial charge is 0.347 e. The Bertz CT molecular complexity index is 822. The van der Waals surface area contributed by atoms with E-state index in [1.54, 1.807) is 14.1 Å². The maximum Gasteiger partial charge on any atom is 0.416 e. The summed E-state index contributed by atoms with van der Waals surface area (Å²) in [5, 5.41) is 9.60. The third-order valence-corrected chi connectivity index (χ3v) is 3.38. The van der Waals surface area contributed by atoms with Crippen LogP contribution >= 0.6 is 12.4 Å². The number of alkyl halides is 3. The van der Waals surface area contributed by atoms with Gasteiger partial charge in [0.25, 0.3) is 5.91 Å². The van der Waals surface area contributed by atoms with Gasteiger partial charge in [0.2, 0.25) is 5.91 Å². The van der Waals surface area contributed by atoms with Crippen molar-refractivity contribution in [3.63, 3.8) is 0 Å². The van der Waals surface area contributed by atoms with E-state index in [0.29, 0.717) is 0 Å². The van der Waals surface area contributed by atoms with Crippen LogP contribution in [0.25, 0.3) is 0 Å². The number of carbonyl (C=O) groups is 2. The Kier molecular flexibility index (Phi) is 7.31. The molecule has 27 heavy (non-hydrogen) atoms. The highest BCUT2D eigenvalue weighted by atomic mass is 35.5. The minimum Gasteiger partial charge on any atom is -0.347 e. The first-order chi connectivity index (χ1) is 12.1. The number of rotatable bonds is 5. The SMILES string of the molecule is CN(C)C(=O)Cn1cc(C(=O)Nc2cc(CN)cc(C(F)(F)F)c2)nn1.Cl. The molecule has 1 aromatic carbocycles. The first-order valence-corrected chi connectivity index (χ1v) is 7.43. The van der Waals surface area contributed by atoms with E-state index < -0.39 is 17.6 Å². The number of carbonyl (C=O) groups excluding carboxylic acids is 2. The molecule has 148 valence electrons. The summed E-state index contributed by atoms with van der Waals surface area (Å²) < 4.78 is 39.9. The molecule has 0 saturated carbocycles. The van der Waals surface area contributed by atoms with Crippen molar-refractivity contribution in [2.45, 2.75) is 19.3 Å². The zero-order valence-corrected chi connectivity index (χ0v) is 15.3. The number of halogens is 4. The summed E-state index contributed by atoms with van der Waals surface area (Å²) in [5.41, 5.74) is 4.50. The van der Waals surface area contributed by atoms with Crippen LogP contribution in [0.15, 0.2) is 24.4 Å². The molecule has 0 aliphatic carbocycles. The molecule has 8 nitrogen and oxygen atoms in total. The minimum absolute atomic E-state index is 0. The molecular formula is C15H18ClF3N6O2. The van der Waals surface area contributed by atoms with E-state index in [1.165, 1.54) is 17.2 Å². The van der Waals surface area contributed by atoms with Gasteiger partial charge in [-0.2, -0.15) is 13.2 Å². The molecule has 0 fully saturated rings. The first-order valence-electron chi connectivity index (χ1n) is 7.43. The molecule has 2 aromatic rings. The van der Waals surface area contributed by atoms with Gasteiger partial charge in [-0.25, -0.2) is 4.68 Å². The van der Waals surface area contributed by atoms with Crippen molar-refractivity contribution in [2.24, 2.45) is 5.73 Å². The number of hydrogen-bond acceptors (Lipinski definition) is 5. The van der Waals surface area contributed by atoms with Crippen LogP contribution in [0.2, 0.25) is 0 Å². The molecular weight excluding hydrogens is 389 g/mol. The van der Waals surface area contributed by atoms with Crippen LogP contribution in [-0.2, 0) is 24.1 Å². The number of amides is 2. The van der Waals surface area contributed by atoms with Crippen LogP contribution in [0, 0.1) is 0 Å². The quantitative estimate of drug-likeness (QED) is 0.783. The second-order valence-electron chi connectivity index (χ2n) is 5.66. The summed E-state index contributed by atoms with van der Waals surface area (Å²) in [7, 11) is 3.13. The fraction of sp³-hybridized carbons (Fsp3) is 0.333. The van der Waals surface area contributed by atoms with Crippen molar-refractivity contribution in [2.75, 3.05) is 19.4 Å². The van der Waals surface area contributed by atoms with E-state index in [2.05, 4.69) is 15.6 Å². The standard InChI is InChI=1S/C15H17F3N6O2.ClH/c1-23(2)13(25)8-24-7-12(21-22-24)14(26)20-11-4-9(6-19)3-10(5-11)15(16,17)18;/h3-5,7H,6,8,19H2,1-2H3,(H,20,26);1H. The number of hydrogen-bond donors (Lipinski definition) is 2. The first kappa shape index (κ1) is 22.4. The molecule has 0 atom stereocenters. The van der Waals surface area contributed by atoms with Gasteiger partial charge in [-0.05, 0) is 23.8 Å². The summed E-state index contributed by atoms with van der Waals surface area (Å²) in [6.07, 6.45) is -3.34. The summed E-state index contributed by atoms with van der Waals surface area (Å²) in [6.45, 7) is -0.232. The Morgan fingerprint density at radius 1 is 1.26 bits per heavy atom. The summed E-state index contributed by atoms with van der Waals surface area (Å²) >= 11 is 0. The van der Waals surface area contributed by atoms with Gasteiger partial charge in [-0.3, -0.25) is 9.59 Å². The zero-order chi connectivity index (χ0) is 19.5. The number of benzene rings is 1. The number of nitrogens with two attached hydrogens (primary N) is 1. The van der Waals surface area contributed by atoms with Crippen LogP contribution in [0.5, 0.6) is 0 Å². The third kappa shape index (κ3) is 5.93. The van der Waals surface area contributed by atoms with Crippen molar-refractivity contribution in [3.8, 4) is 0 Å². The van der Waals surface area contributed by atoms with Crippen LogP contribution in [0.1, 0.15) is 21.6 Å². The molecule has 1 aromatic heterocycles. The van der Waals surface area contributed by atoms with Gasteiger partial charge in [0.15, 0.2) is 5.69 Å². The fourth-order valence-electron chi connectivity index (χ4n) is 2.00. The Balaban J connectivity index is 0.00000364. The van der Waals surface area contributed by atoms with E-state index in [9.17, 15) is 22.8 Å². The van der Waals surface area contributed by atoms with Crippen LogP contribution in [0.3, 0.4) is 0 Å². The van der Waals surface area contributed by atoms with Gasteiger partial charge in [0.05, 0.1) is 11.8 Å². The monoisotopic (exact) mass is 406 g/mol. The molecule has 1 heterocycles. The highest BCUT2D eigenvalue weighted by molar-refractivity contribution is 6.02. The van der Waals surface area contributed by atoms with Crippen LogP contribution in [0.4, 0.5) is 18.9 Å². The van der Waals surface area contributed by atoms with E-state index >= 15 is 0 Å². The van der Waals surface area contributed by atoms with Crippen molar-refractivity contribution < 1.29 is 22.8 Å². The number of likely N-dealkylation sites (N-methyl/N-ethyl adjacent to an activating group) is 1. The normalized spacial score (nSPS) is 10.9. The average molecular weight is 407 g/mol. The summed E-state index contributed by atoms with van der Waals surface area (Å²) in [5.74, 6) is -1.01. The summed E-state index contributed by atoms with van der Waals surface area (Å²) in [4.78, 5) is 25.1. The Hall–Kier alpha value is -2.66.